The van der Waals surface area contributed by atoms with E-state index in [9.17, 15) is 9.59 Å². The Morgan fingerprint density at radius 1 is 1.35 bits per heavy atom. The summed E-state index contributed by atoms with van der Waals surface area (Å²) in [4.78, 5) is 25.2. The van der Waals surface area contributed by atoms with Crippen molar-refractivity contribution in [2.75, 3.05) is 19.6 Å². The highest BCUT2D eigenvalue weighted by Gasteiger charge is 2.28. The fraction of sp³-hybridized carbons (Fsp3) is 0.833. The number of amides is 2. The zero-order valence-corrected chi connectivity index (χ0v) is 10.7. The first-order valence-electron chi connectivity index (χ1n) is 6.42. The number of nitrogens with zero attached hydrogens (tertiary/aromatic N) is 1. The van der Waals surface area contributed by atoms with Crippen molar-refractivity contribution in [3.8, 4) is 0 Å². The van der Waals surface area contributed by atoms with E-state index >= 15 is 0 Å². The smallest absolute Gasteiger partial charge is 0.239 e. The largest absolute Gasteiger partial charge is 0.356 e. The van der Waals surface area contributed by atoms with Crippen molar-refractivity contribution < 1.29 is 9.59 Å². The highest BCUT2D eigenvalue weighted by molar-refractivity contribution is 5.82. The summed E-state index contributed by atoms with van der Waals surface area (Å²) in [6.45, 7) is 5.78. The van der Waals surface area contributed by atoms with Gasteiger partial charge in [0.05, 0.1) is 6.04 Å². The van der Waals surface area contributed by atoms with Crippen molar-refractivity contribution >= 4 is 11.8 Å². The van der Waals surface area contributed by atoms with Gasteiger partial charge in [0.25, 0.3) is 0 Å². The molecule has 2 amide bonds. The predicted molar refractivity (Wildman–Crippen MR) is 66.3 cm³/mol. The van der Waals surface area contributed by atoms with Crippen molar-refractivity contribution in [3.05, 3.63) is 0 Å². The number of hydrogen-bond acceptors (Lipinski definition) is 3. The minimum Gasteiger partial charge on any atom is -0.356 e. The lowest BCUT2D eigenvalue weighted by Crippen LogP contribution is -2.48. The number of carbonyl (C=O) groups is 2. The molecule has 0 aliphatic carbocycles. The molecule has 17 heavy (non-hydrogen) atoms. The molecular weight excluding hydrogens is 218 g/mol. The van der Waals surface area contributed by atoms with Crippen LogP contribution in [0.1, 0.15) is 33.1 Å². The summed E-state index contributed by atoms with van der Waals surface area (Å²) >= 11 is 0. The first kappa shape index (κ1) is 14.0. The molecule has 1 atom stereocenters. The summed E-state index contributed by atoms with van der Waals surface area (Å²) in [5.41, 5.74) is 5.72. The number of hydrogen-bond donors (Lipinski definition) is 2. The van der Waals surface area contributed by atoms with Crippen molar-refractivity contribution in [1.82, 2.24) is 10.2 Å². The van der Waals surface area contributed by atoms with Crippen LogP contribution in [0.4, 0.5) is 0 Å². The molecule has 1 heterocycles. The SMILES string of the molecule is CCNC(=O)C1CCN(C(=O)[C@H](N)CC)CC1. The molecule has 0 aromatic heterocycles. The Labute approximate surface area is 103 Å². The first-order valence-corrected chi connectivity index (χ1v) is 6.42. The molecule has 0 unspecified atom stereocenters. The Morgan fingerprint density at radius 2 is 1.94 bits per heavy atom. The predicted octanol–water partition coefficient (Wildman–Crippen LogP) is 0.0984. The third-order valence-electron chi connectivity index (χ3n) is 3.29. The van der Waals surface area contributed by atoms with Gasteiger partial charge in [-0.25, -0.2) is 0 Å². The zero-order chi connectivity index (χ0) is 12.8. The van der Waals surface area contributed by atoms with Gasteiger partial charge in [-0.3, -0.25) is 9.59 Å². The van der Waals surface area contributed by atoms with Gasteiger partial charge < -0.3 is 16.0 Å². The van der Waals surface area contributed by atoms with Crippen LogP contribution < -0.4 is 11.1 Å². The third kappa shape index (κ3) is 3.70. The lowest BCUT2D eigenvalue weighted by atomic mass is 9.95. The molecule has 1 aliphatic rings. The third-order valence-corrected chi connectivity index (χ3v) is 3.29. The monoisotopic (exact) mass is 241 g/mol. The van der Waals surface area contributed by atoms with Gasteiger partial charge in [0.2, 0.25) is 11.8 Å². The second-order valence-electron chi connectivity index (χ2n) is 4.51. The molecule has 0 aromatic carbocycles. The summed E-state index contributed by atoms with van der Waals surface area (Å²) in [6, 6.07) is -0.393. The average molecular weight is 241 g/mol. The standard InChI is InChI=1S/C12H23N3O2/c1-3-10(13)12(17)15-7-5-9(6-8-15)11(16)14-4-2/h9-10H,3-8,13H2,1-2H3,(H,14,16)/t10-/m1/s1. The summed E-state index contributed by atoms with van der Waals surface area (Å²) in [7, 11) is 0. The van der Waals surface area contributed by atoms with Crippen LogP contribution in [-0.4, -0.2) is 42.4 Å². The van der Waals surface area contributed by atoms with E-state index in [0.29, 0.717) is 26.1 Å². The topological polar surface area (TPSA) is 75.4 Å². The lowest BCUT2D eigenvalue weighted by Gasteiger charge is -2.32. The molecule has 0 bridgehead atoms. The number of nitrogens with two attached hydrogens (primary N) is 1. The van der Waals surface area contributed by atoms with Gasteiger partial charge in [-0.1, -0.05) is 6.92 Å². The van der Waals surface area contributed by atoms with Crippen molar-refractivity contribution in [2.24, 2.45) is 11.7 Å². The van der Waals surface area contributed by atoms with Crippen LogP contribution >= 0.6 is 0 Å². The summed E-state index contributed by atoms with van der Waals surface area (Å²) in [5, 5.41) is 2.83. The Balaban J connectivity index is 2.40. The molecule has 5 nitrogen and oxygen atoms in total. The van der Waals surface area contributed by atoms with E-state index in [1.807, 2.05) is 13.8 Å². The molecule has 98 valence electrons. The second kappa shape index (κ2) is 6.59. The summed E-state index contributed by atoms with van der Waals surface area (Å²) in [6.07, 6.45) is 2.15. The molecule has 1 aliphatic heterocycles. The fourth-order valence-corrected chi connectivity index (χ4v) is 2.09. The van der Waals surface area contributed by atoms with E-state index in [-0.39, 0.29) is 17.7 Å². The van der Waals surface area contributed by atoms with Crippen LogP contribution in [0.2, 0.25) is 0 Å². The van der Waals surface area contributed by atoms with E-state index < -0.39 is 6.04 Å². The molecule has 0 aromatic rings. The van der Waals surface area contributed by atoms with E-state index in [0.717, 1.165) is 12.8 Å². The quantitative estimate of drug-likeness (QED) is 0.733. The van der Waals surface area contributed by atoms with Crippen molar-refractivity contribution in [3.63, 3.8) is 0 Å². The lowest BCUT2D eigenvalue weighted by molar-refractivity contribution is -0.136. The second-order valence-corrected chi connectivity index (χ2v) is 4.51. The van der Waals surface area contributed by atoms with Crippen LogP contribution in [0, 0.1) is 5.92 Å². The van der Waals surface area contributed by atoms with E-state index in [1.54, 1.807) is 4.90 Å². The summed E-state index contributed by atoms with van der Waals surface area (Å²) in [5.74, 6) is 0.179. The highest BCUT2D eigenvalue weighted by Crippen LogP contribution is 2.18. The maximum absolute atomic E-state index is 11.8. The van der Waals surface area contributed by atoms with Gasteiger partial charge in [0.15, 0.2) is 0 Å². The van der Waals surface area contributed by atoms with Crippen molar-refractivity contribution in [1.29, 1.82) is 0 Å². The molecule has 1 saturated heterocycles. The molecule has 0 spiro atoms. The maximum atomic E-state index is 11.8. The fourth-order valence-electron chi connectivity index (χ4n) is 2.09. The minimum absolute atomic E-state index is 0.0156. The molecule has 0 radical (unpaired) electrons. The van der Waals surface area contributed by atoms with Crippen molar-refractivity contribution in [2.45, 2.75) is 39.2 Å². The van der Waals surface area contributed by atoms with Crippen LogP contribution in [0.3, 0.4) is 0 Å². The van der Waals surface area contributed by atoms with Gasteiger partial charge >= 0.3 is 0 Å². The van der Waals surface area contributed by atoms with E-state index in [4.69, 9.17) is 5.73 Å². The number of carbonyl (C=O) groups excluding carboxylic acids is 2. The Morgan fingerprint density at radius 3 is 2.41 bits per heavy atom. The maximum Gasteiger partial charge on any atom is 0.239 e. The van der Waals surface area contributed by atoms with Gasteiger partial charge in [-0.05, 0) is 26.2 Å². The highest BCUT2D eigenvalue weighted by atomic mass is 16.2. The average Bonchev–Trinajstić information content (AvgIpc) is 2.37. The Bertz CT molecular complexity index is 273. The van der Waals surface area contributed by atoms with Crippen LogP contribution in [0.25, 0.3) is 0 Å². The molecule has 0 saturated carbocycles. The van der Waals surface area contributed by atoms with E-state index in [2.05, 4.69) is 5.32 Å². The molecule has 1 rings (SSSR count). The van der Waals surface area contributed by atoms with Crippen LogP contribution in [0.5, 0.6) is 0 Å². The number of piperidine rings is 1. The number of likely N-dealkylation sites (tertiary alicyclic amines) is 1. The van der Waals surface area contributed by atoms with Gasteiger partial charge in [-0.2, -0.15) is 0 Å². The normalized spacial score (nSPS) is 18.9. The van der Waals surface area contributed by atoms with Crippen LogP contribution in [-0.2, 0) is 9.59 Å². The first-order chi connectivity index (χ1) is 8.10. The number of nitrogens with one attached hydrogen (secondary N) is 1. The van der Waals surface area contributed by atoms with E-state index in [1.165, 1.54) is 0 Å². The molecule has 5 heteroatoms. The van der Waals surface area contributed by atoms with Crippen LogP contribution in [0.15, 0.2) is 0 Å². The molecular formula is C12H23N3O2. The molecule has 1 fully saturated rings. The van der Waals surface area contributed by atoms with Gasteiger partial charge in [0.1, 0.15) is 0 Å². The van der Waals surface area contributed by atoms with Gasteiger partial charge in [-0.15, -0.1) is 0 Å². The Hall–Kier alpha value is -1.10. The van der Waals surface area contributed by atoms with Gasteiger partial charge in [0, 0.05) is 25.6 Å². The Kier molecular flexibility index (Phi) is 5.41. The molecule has 3 N–H and O–H groups in total. The number of rotatable bonds is 4. The minimum atomic E-state index is -0.393. The summed E-state index contributed by atoms with van der Waals surface area (Å²) < 4.78 is 0. The zero-order valence-electron chi connectivity index (χ0n) is 10.7.